The molecule has 1 aliphatic heterocycles. The van der Waals surface area contributed by atoms with Crippen molar-refractivity contribution < 1.29 is 9.57 Å². The maximum atomic E-state index is 5.16. The van der Waals surface area contributed by atoms with Crippen LogP contribution in [0.15, 0.2) is 5.16 Å². The summed E-state index contributed by atoms with van der Waals surface area (Å²) in [6, 6.07) is 0. The van der Waals surface area contributed by atoms with Crippen molar-refractivity contribution in [2.45, 2.75) is 13.3 Å². The lowest BCUT2D eigenvalue weighted by Crippen LogP contribution is -2.06. The van der Waals surface area contributed by atoms with Crippen molar-refractivity contribution in [3.8, 4) is 0 Å². The number of ether oxygens (including phenoxy) is 1. The number of hydrogen-bond donors (Lipinski definition) is 0. The van der Waals surface area contributed by atoms with Crippen molar-refractivity contribution >= 4 is 6.21 Å². The standard InChI is InChI=1S/C7H13NO2/c1-2-8-10-6-7-3-4-9-5-7/h2,7H,3-6H2,1H3/b8-2+. The zero-order chi connectivity index (χ0) is 7.23. The molecule has 0 aromatic carbocycles. The summed E-state index contributed by atoms with van der Waals surface area (Å²) in [5, 5.41) is 3.65. The van der Waals surface area contributed by atoms with E-state index in [0.29, 0.717) is 12.5 Å². The highest BCUT2D eigenvalue weighted by atomic mass is 16.6. The highest BCUT2D eigenvalue weighted by molar-refractivity contribution is 5.52. The lowest BCUT2D eigenvalue weighted by Gasteiger charge is -2.03. The molecule has 1 heterocycles. The fourth-order valence-corrected chi connectivity index (χ4v) is 0.938. The largest absolute Gasteiger partial charge is 0.396 e. The Morgan fingerprint density at radius 2 is 2.70 bits per heavy atom. The number of hydrogen-bond acceptors (Lipinski definition) is 3. The maximum Gasteiger partial charge on any atom is 0.122 e. The molecule has 0 aromatic heterocycles. The molecule has 0 spiro atoms. The van der Waals surface area contributed by atoms with E-state index in [1.54, 1.807) is 6.21 Å². The molecule has 3 heteroatoms. The molecule has 0 aliphatic carbocycles. The first-order chi connectivity index (χ1) is 4.93. The molecule has 1 atom stereocenters. The first kappa shape index (κ1) is 7.54. The summed E-state index contributed by atoms with van der Waals surface area (Å²) in [5.74, 6) is 0.559. The fraction of sp³-hybridized carbons (Fsp3) is 0.857. The van der Waals surface area contributed by atoms with Gasteiger partial charge in [0, 0.05) is 18.7 Å². The Balaban J connectivity index is 2.01. The molecule has 1 rings (SSSR count). The Hall–Kier alpha value is -0.570. The van der Waals surface area contributed by atoms with E-state index >= 15 is 0 Å². The molecule has 0 N–H and O–H groups in total. The molecular formula is C7H13NO2. The quantitative estimate of drug-likeness (QED) is 0.436. The highest BCUT2D eigenvalue weighted by Crippen LogP contribution is 2.11. The lowest BCUT2D eigenvalue weighted by atomic mass is 10.1. The van der Waals surface area contributed by atoms with Crippen LogP contribution in [-0.4, -0.2) is 26.0 Å². The summed E-state index contributed by atoms with van der Waals surface area (Å²) < 4.78 is 5.16. The SMILES string of the molecule is C/C=N/OCC1CCOC1. The molecule has 0 aromatic rings. The van der Waals surface area contributed by atoms with Gasteiger partial charge in [-0.2, -0.15) is 0 Å². The van der Waals surface area contributed by atoms with Crippen LogP contribution in [0.5, 0.6) is 0 Å². The van der Waals surface area contributed by atoms with Crippen LogP contribution < -0.4 is 0 Å². The predicted molar refractivity (Wildman–Crippen MR) is 39.0 cm³/mol. The van der Waals surface area contributed by atoms with E-state index in [-0.39, 0.29) is 0 Å². The third-order valence-electron chi connectivity index (χ3n) is 1.51. The number of nitrogens with zero attached hydrogens (tertiary/aromatic N) is 1. The molecule has 0 saturated carbocycles. The molecular weight excluding hydrogens is 130 g/mol. The topological polar surface area (TPSA) is 30.8 Å². The Morgan fingerprint density at radius 1 is 1.80 bits per heavy atom. The average molecular weight is 143 g/mol. The Labute approximate surface area is 61.0 Å². The van der Waals surface area contributed by atoms with Gasteiger partial charge in [0.15, 0.2) is 0 Å². The first-order valence-corrected chi connectivity index (χ1v) is 3.61. The molecule has 1 fully saturated rings. The Kier molecular flexibility index (Phi) is 3.22. The maximum absolute atomic E-state index is 5.16. The van der Waals surface area contributed by atoms with E-state index in [0.717, 1.165) is 19.6 Å². The van der Waals surface area contributed by atoms with Crippen LogP contribution >= 0.6 is 0 Å². The van der Waals surface area contributed by atoms with Gasteiger partial charge in [-0.15, -0.1) is 0 Å². The first-order valence-electron chi connectivity index (χ1n) is 3.61. The predicted octanol–water partition coefficient (Wildman–Crippen LogP) is 1.05. The van der Waals surface area contributed by atoms with Crippen molar-refractivity contribution in [2.24, 2.45) is 11.1 Å². The minimum atomic E-state index is 0.559. The van der Waals surface area contributed by atoms with Crippen molar-refractivity contribution in [3.63, 3.8) is 0 Å². The van der Waals surface area contributed by atoms with Gasteiger partial charge in [0.1, 0.15) is 6.61 Å². The van der Waals surface area contributed by atoms with Crippen molar-refractivity contribution in [1.29, 1.82) is 0 Å². The van der Waals surface area contributed by atoms with Crippen LogP contribution in [0.3, 0.4) is 0 Å². The van der Waals surface area contributed by atoms with Gasteiger partial charge in [-0.25, -0.2) is 0 Å². The smallest absolute Gasteiger partial charge is 0.122 e. The molecule has 1 saturated heterocycles. The van der Waals surface area contributed by atoms with Crippen LogP contribution in [0.25, 0.3) is 0 Å². The summed E-state index contributed by atoms with van der Waals surface area (Å²) in [6.07, 6.45) is 2.76. The van der Waals surface area contributed by atoms with E-state index in [1.165, 1.54) is 0 Å². The zero-order valence-electron chi connectivity index (χ0n) is 6.25. The van der Waals surface area contributed by atoms with E-state index < -0.39 is 0 Å². The Bertz CT molecular complexity index is 108. The summed E-state index contributed by atoms with van der Waals surface area (Å²) in [6.45, 7) is 4.25. The van der Waals surface area contributed by atoms with Crippen molar-refractivity contribution in [1.82, 2.24) is 0 Å². The van der Waals surface area contributed by atoms with Crippen LogP contribution in [0.4, 0.5) is 0 Å². The van der Waals surface area contributed by atoms with Gasteiger partial charge in [-0.1, -0.05) is 5.16 Å². The molecule has 1 unspecified atom stereocenters. The van der Waals surface area contributed by atoms with Gasteiger partial charge in [-0.05, 0) is 13.3 Å². The van der Waals surface area contributed by atoms with Gasteiger partial charge < -0.3 is 9.57 Å². The van der Waals surface area contributed by atoms with Crippen molar-refractivity contribution in [2.75, 3.05) is 19.8 Å². The minimum Gasteiger partial charge on any atom is -0.396 e. The highest BCUT2D eigenvalue weighted by Gasteiger charge is 2.15. The normalized spacial score (nSPS) is 25.9. The van der Waals surface area contributed by atoms with Crippen LogP contribution in [0.2, 0.25) is 0 Å². The third kappa shape index (κ3) is 2.35. The zero-order valence-corrected chi connectivity index (χ0v) is 6.25. The summed E-state index contributed by atoms with van der Waals surface area (Å²) in [5.41, 5.74) is 0. The van der Waals surface area contributed by atoms with Crippen molar-refractivity contribution in [3.05, 3.63) is 0 Å². The van der Waals surface area contributed by atoms with Crippen LogP contribution in [-0.2, 0) is 9.57 Å². The Morgan fingerprint density at radius 3 is 3.30 bits per heavy atom. The van der Waals surface area contributed by atoms with E-state index in [9.17, 15) is 0 Å². The second-order valence-corrected chi connectivity index (χ2v) is 2.39. The average Bonchev–Trinajstić information content (AvgIpc) is 2.41. The molecule has 58 valence electrons. The van der Waals surface area contributed by atoms with Gasteiger partial charge in [0.2, 0.25) is 0 Å². The monoisotopic (exact) mass is 143 g/mol. The summed E-state index contributed by atoms with van der Waals surface area (Å²) >= 11 is 0. The summed E-state index contributed by atoms with van der Waals surface area (Å²) in [7, 11) is 0. The van der Waals surface area contributed by atoms with Gasteiger partial charge in [-0.3, -0.25) is 0 Å². The second kappa shape index (κ2) is 4.28. The van der Waals surface area contributed by atoms with Gasteiger partial charge in [0.05, 0.1) is 6.61 Å². The molecule has 10 heavy (non-hydrogen) atoms. The summed E-state index contributed by atoms with van der Waals surface area (Å²) in [4.78, 5) is 4.96. The van der Waals surface area contributed by atoms with E-state index in [2.05, 4.69) is 5.16 Å². The second-order valence-electron chi connectivity index (χ2n) is 2.39. The van der Waals surface area contributed by atoms with Gasteiger partial charge >= 0.3 is 0 Å². The van der Waals surface area contributed by atoms with E-state index in [1.807, 2.05) is 6.92 Å². The minimum absolute atomic E-state index is 0.559. The number of rotatable bonds is 3. The molecule has 0 bridgehead atoms. The number of oxime groups is 1. The molecule has 3 nitrogen and oxygen atoms in total. The molecule has 1 aliphatic rings. The van der Waals surface area contributed by atoms with E-state index in [4.69, 9.17) is 9.57 Å². The van der Waals surface area contributed by atoms with Gasteiger partial charge in [0.25, 0.3) is 0 Å². The van der Waals surface area contributed by atoms with Crippen LogP contribution in [0, 0.1) is 5.92 Å². The molecule has 0 radical (unpaired) electrons. The third-order valence-corrected chi connectivity index (χ3v) is 1.51. The fourth-order valence-electron chi connectivity index (χ4n) is 0.938. The van der Waals surface area contributed by atoms with Crippen LogP contribution in [0.1, 0.15) is 13.3 Å². The molecule has 0 amide bonds. The lowest BCUT2D eigenvalue weighted by molar-refractivity contribution is 0.0967.